The molecule has 0 saturated carbocycles. The van der Waals surface area contributed by atoms with Gasteiger partial charge in [0.15, 0.2) is 5.78 Å². The minimum absolute atomic E-state index is 0. The van der Waals surface area contributed by atoms with Crippen molar-refractivity contribution in [1.29, 1.82) is 0 Å². The Morgan fingerprint density at radius 3 is 2.38 bits per heavy atom. The van der Waals surface area contributed by atoms with E-state index in [4.69, 9.17) is 0 Å². The van der Waals surface area contributed by atoms with Gasteiger partial charge in [0.1, 0.15) is 0 Å². The van der Waals surface area contributed by atoms with E-state index in [1.165, 1.54) is 6.08 Å². The van der Waals surface area contributed by atoms with Crippen LogP contribution in [0.15, 0.2) is 66.6 Å². The monoisotopic (exact) mass is 302 g/mol. The second-order valence-electron chi connectivity index (χ2n) is 3.03. The van der Waals surface area contributed by atoms with E-state index in [0.717, 1.165) is 5.56 Å². The van der Waals surface area contributed by atoms with Gasteiger partial charge >= 0.3 is 0 Å². The van der Waals surface area contributed by atoms with Crippen LogP contribution in [0.1, 0.15) is 5.56 Å². The first kappa shape index (κ1) is 14.6. The van der Waals surface area contributed by atoms with E-state index in [1.807, 2.05) is 30.3 Å². The van der Waals surface area contributed by atoms with Crippen molar-refractivity contribution in [3.63, 3.8) is 0 Å². The van der Waals surface area contributed by atoms with Gasteiger partial charge in [0.2, 0.25) is 0 Å². The first-order valence-electron chi connectivity index (χ1n) is 4.61. The fraction of sp³-hybridized carbons (Fsp3) is 0.0714. The zero-order valence-corrected chi connectivity index (χ0v) is 10.4. The van der Waals surface area contributed by atoms with Gasteiger partial charge in [0.05, 0.1) is 0 Å². The van der Waals surface area contributed by atoms with E-state index < -0.39 is 0 Å². The average molecular weight is 303 g/mol. The van der Waals surface area contributed by atoms with Crippen LogP contribution in [0, 0.1) is 0 Å². The van der Waals surface area contributed by atoms with Crippen LogP contribution in [0.3, 0.4) is 0 Å². The Morgan fingerprint density at radius 2 is 1.88 bits per heavy atom. The number of carbonyl (C=O) groups excluding carboxylic acids is 1. The Labute approximate surface area is 110 Å². The summed E-state index contributed by atoms with van der Waals surface area (Å²) in [5.74, 6) is -0.135. The molecular formula is C14H12OPd. The third-order valence-corrected chi connectivity index (χ3v) is 1.97. The summed E-state index contributed by atoms with van der Waals surface area (Å²) in [6, 6.07) is 9.73. The van der Waals surface area contributed by atoms with Crippen LogP contribution in [0.25, 0.3) is 0 Å². The van der Waals surface area contributed by atoms with Gasteiger partial charge in [0, 0.05) is 38.5 Å². The number of benzene rings is 1. The standard InChI is InChI=1S/C14H12O.Pd/c1-3-8-14(15)13(4-2)11-12-9-6-5-7-10-12;/h5-10H,1-2,11H2;. The maximum Gasteiger partial charge on any atom is 0.197 e. The molecule has 0 N–H and O–H groups in total. The van der Waals surface area contributed by atoms with Crippen LogP contribution < -0.4 is 0 Å². The number of allylic oxidation sites excluding steroid dienone is 2. The molecule has 1 aromatic rings. The summed E-state index contributed by atoms with van der Waals surface area (Å²) >= 11 is 0. The largest absolute Gasteiger partial charge is 0.288 e. The molecule has 0 fully saturated rings. The van der Waals surface area contributed by atoms with Gasteiger partial charge in [-0.25, -0.2) is 0 Å². The predicted molar refractivity (Wildman–Crippen MR) is 61.5 cm³/mol. The van der Waals surface area contributed by atoms with Crippen molar-refractivity contribution < 1.29 is 25.2 Å². The maximum atomic E-state index is 11.5. The van der Waals surface area contributed by atoms with E-state index in [2.05, 4.69) is 24.6 Å². The number of hydrogen-bond donors (Lipinski definition) is 0. The van der Waals surface area contributed by atoms with Crippen molar-refractivity contribution in [2.24, 2.45) is 0 Å². The summed E-state index contributed by atoms with van der Waals surface area (Å²) in [6.07, 6.45) is 1.85. The van der Waals surface area contributed by atoms with E-state index in [0.29, 0.717) is 12.0 Å². The molecule has 0 bridgehead atoms. The SMILES string of the molecule is C=C=CC(=O)C(=C=C)Cc1ccccc1.[Pd]. The third kappa shape index (κ3) is 4.41. The molecule has 1 rings (SSSR count). The molecule has 1 aromatic carbocycles. The van der Waals surface area contributed by atoms with Crippen molar-refractivity contribution in [3.8, 4) is 0 Å². The molecule has 0 aliphatic rings. The minimum Gasteiger partial charge on any atom is -0.288 e. The van der Waals surface area contributed by atoms with E-state index in [-0.39, 0.29) is 26.2 Å². The topological polar surface area (TPSA) is 17.1 Å². The van der Waals surface area contributed by atoms with E-state index in [9.17, 15) is 4.79 Å². The molecule has 0 aliphatic carbocycles. The Hall–Kier alpha value is -1.41. The molecule has 0 heterocycles. The molecule has 0 aliphatic heterocycles. The maximum absolute atomic E-state index is 11.5. The molecule has 0 amide bonds. The van der Waals surface area contributed by atoms with E-state index in [1.54, 1.807) is 0 Å². The first-order valence-corrected chi connectivity index (χ1v) is 4.61. The number of carbonyl (C=O) groups is 1. The zero-order chi connectivity index (χ0) is 11.1. The number of ketones is 1. The second-order valence-corrected chi connectivity index (χ2v) is 3.03. The molecule has 16 heavy (non-hydrogen) atoms. The van der Waals surface area contributed by atoms with Crippen LogP contribution in [0.4, 0.5) is 0 Å². The van der Waals surface area contributed by atoms with Crippen LogP contribution in [0.2, 0.25) is 0 Å². The minimum atomic E-state index is -0.135. The summed E-state index contributed by atoms with van der Waals surface area (Å²) in [5, 5.41) is 0. The number of rotatable bonds is 4. The second kappa shape index (κ2) is 7.83. The zero-order valence-electron chi connectivity index (χ0n) is 8.81. The molecule has 0 radical (unpaired) electrons. The van der Waals surface area contributed by atoms with Gasteiger partial charge in [0.25, 0.3) is 0 Å². The van der Waals surface area contributed by atoms with Gasteiger partial charge < -0.3 is 0 Å². The van der Waals surface area contributed by atoms with Crippen LogP contribution in [0.5, 0.6) is 0 Å². The molecule has 0 aromatic heterocycles. The molecule has 2 heteroatoms. The summed E-state index contributed by atoms with van der Waals surface area (Å²) in [4.78, 5) is 11.5. The third-order valence-electron chi connectivity index (χ3n) is 1.97. The van der Waals surface area contributed by atoms with E-state index >= 15 is 0 Å². The fourth-order valence-corrected chi connectivity index (χ4v) is 1.22. The smallest absolute Gasteiger partial charge is 0.197 e. The molecule has 84 valence electrons. The Kier molecular flexibility index (Phi) is 7.14. The van der Waals surface area contributed by atoms with Crippen LogP contribution >= 0.6 is 0 Å². The van der Waals surface area contributed by atoms with Crippen molar-refractivity contribution in [1.82, 2.24) is 0 Å². The van der Waals surface area contributed by atoms with Crippen molar-refractivity contribution in [2.75, 3.05) is 0 Å². The normalized spacial score (nSPS) is 8.00. The molecular weight excluding hydrogens is 291 g/mol. The molecule has 1 nitrogen and oxygen atoms in total. The summed E-state index contributed by atoms with van der Waals surface area (Å²) < 4.78 is 0. The van der Waals surface area contributed by atoms with Crippen molar-refractivity contribution >= 4 is 5.78 Å². The van der Waals surface area contributed by atoms with Gasteiger partial charge in [-0.1, -0.05) is 43.5 Å². The predicted octanol–water partition coefficient (Wildman–Crippen LogP) is 2.85. The van der Waals surface area contributed by atoms with Crippen LogP contribution in [-0.4, -0.2) is 5.78 Å². The summed E-state index contributed by atoms with van der Waals surface area (Å²) in [7, 11) is 0. The Morgan fingerprint density at radius 1 is 1.25 bits per heavy atom. The van der Waals surface area contributed by atoms with Gasteiger partial charge in [-0.3, -0.25) is 4.79 Å². The fourth-order valence-electron chi connectivity index (χ4n) is 1.22. The van der Waals surface area contributed by atoms with Crippen molar-refractivity contribution in [3.05, 3.63) is 72.2 Å². The Bertz CT molecular complexity index is 447. The molecule has 0 spiro atoms. The first-order chi connectivity index (χ1) is 7.27. The molecule has 0 saturated heterocycles. The number of hydrogen-bond acceptors (Lipinski definition) is 1. The molecule has 0 unspecified atom stereocenters. The summed E-state index contributed by atoms with van der Waals surface area (Å²) in [6.45, 7) is 6.87. The van der Waals surface area contributed by atoms with Crippen LogP contribution in [-0.2, 0) is 31.6 Å². The van der Waals surface area contributed by atoms with Gasteiger partial charge in [-0.05, 0) is 5.56 Å². The Balaban J connectivity index is 0.00000225. The van der Waals surface area contributed by atoms with Gasteiger partial charge in [-0.15, -0.1) is 11.5 Å². The van der Waals surface area contributed by atoms with Crippen molar-refractivity contribution in [2.45, 2.75) is 6.42 Å². The van der Waals surface area contributed by atoms with Gasteiger partial charge in [-0.2, -0.15) is 0 Å². The average Bonchev–Trinajstić information content (AvgIpc) is 2.27. The quantitative estimate of drug-likeness (QED) is 0.475. The molecule has 0 atom stereocenters. The summed E-state index contributed by atoms with van der Waals surface area (Å²) in [5.41, 5.74) is 6.71.